The summed E-state index contributed by atoms with van der Waals surface area (Å²) in [6.45, 7) is 2.27. The Bertz CT molecular complexity index is 883. The van der Waals surface area contributed by atoms with Crippen molar-refractivity contribution < 1.29 is 8.42 Å². The minimum absolute atomic E-state index is 0.290. The standard InChI is InChI=1S/C16H17N3O2S/c1-12-4-6-14(7-5-12)22(20,21)19-10-8-13-11-18-16-15(13)3-2-9-17-16/h2-7,9,11,19H,8,10H2,1H3,(H,17,18). The van der Waals surface area contributed by atoms with Gasteiger partial charge in [0.1, 0.15) is 5.65 Å². The van der Waals surface area contributed by atoms with Gasteiger partial charge in [0.2, 0.25) is 10.0 Å². The molecule has 0 aliphatic carbocycles. The molecule has 3 aromatic rings. The first kappa shape index (κ1) is 14.7. The van der Waals surface area contributed by atoms with Crippen LogP contribution in [0.15, 0.2) is 53.7 Å². The van der Waals surface area contributed by atoms with Crippen LogP contribution in [0.2, 0.25) is 0 Å². The fourth-order valence-electron chi connectivity index (χ4n) is 2.34. The molecule has 0 amide bonds. The first-order valence-electron chi connectivity index (χ1n) is 7.03. The van der Waals surface area contributed by atoms with E-state index in [0.29, 0.717) is 17.9 Å². The molecule has 22 heavy (non-hydrogen) atoms. The van der Waals surface area contributed by atoms with Crippen molar-refractivity contribution in [3.8, 4) is 0 Å². The molecule has 114 valence electrons. The van der Waals surface area contributed by atoms with Crippen LogP contribution in [0.3, 0.4) is 0 Å². The van der Waals surface area contributed by atoms with E-state index in [1.807, 2.05) is 25.3 Å². The van der Waals surface area contributed by atoms with Gasteiger partial charge in [0.05, 0.1) is 4.90 Å². The van der Waals surface area contributed by atoms with Crippen molar-refractivity contribution in [3.63, 3.8) is 0 Å². The zero-order valence-electron chi connectivity index (χ0n) is 12.2. The molecule has 3 rings (SSSR count). The Morgan fingerprint density at radius 2 is 1.95 bits per heavy atom. The summed E-state index contributed by atoms with van der Waals surface area (Å²) in [4.78, 5) is 7.60. The number of nitrogens with one attached hydrogen (secondary N) is 2. The van der Waals surface area contributed by atoms with E-state index in [1.54, 1.807) is 30.5 Å². The Morgan fingerprint density at radius 1 is 1.18 bits per heavy atom. The van der Waals surface area contributed by atoms with Crippen LogP contribution in [0.1, 0.15) is 11.1 Å². The van der Waals surface area contributed by atoms with Crippen molar-refractivity contribution >= 4 is 21.1 Å². The van der Waals surface area contributed by atoms with Crippen LogP contribution in [-0.4, -0.2) is 24.9 Å². The zero-order valence-corrected chi connectivity index (χ0v) is 13.0. The summed E-state index contributed by atoms with van der Waals surface area (Å²) in [6.07, 6.45) is 4.21. The van der Waals surface area contributed by atoms with Crippen LogP contribution in [0.25, 0.3) is 11.0 Å². The fourth-order valence-corrected chi connectivity index (χ4v) is 3.37. The third-order valence-electron chi connectivity index (χ3n) is 3.55. The van der Waals surface area contributed by atoms with Crippen molar-refractivity contribution in [3.05, 3.63) is 59.9 Å². The van der Waals surface area contributed by atoms with Crippen LogP contribution >= 0.6 is 0 Å². The summed E-state index contributed by atoms with van der Waals surface area (Å²) in [5.74, 6) is 0. The lowest BCUT2D eigenvalue weighted by Gasteiger charge is -2.06. The van der Waals surface area contributed by atoms with Gasteiger partial charge in [0.25, 0.3) is 0 Å². The van der Waals surface area contributed by atoms with Crippen molar-refractivity contribution in [2.45, 2.75) is 18.2 Å². The van der Waals surface area contributed by atoms with E-state index in [2.05, 4.69) is 14.7 Å². The number of aryl methyl sites for hydroxylation is 1. The maximum atomic E-state index is 12.2. The highest BCUT2D eigenvalue weighted by Gasteiger charge is 2.13. The molecule has 2 N–H and O–H groups in total. The van der Waals surface area contributed by atoms with E-state index in [4.69, 9.17) is 0 Å². The van der Waals surface area contributed by atoms with Gasteiger partial charge in [0, 0.05) is 24.3 Å². The molecular formula is C16H17N3O2S. The number of hydrogen-bond donors (Lipinski definition) is 2. The summed E-state index contributed by atoms with van der Waals surface area (Å²) in [6, 6.07) is 10.7. The number of rotatable bonds is 5. The first-order chi connectivity index (χ1) is 10.6. The molecule has 0 saturated heterocycles. The Labute approximate surface area is 129 Å². The molecule has 0 spiro atoms. The van der Waals surface area contributed by atoms with Gasteiger partial charge in [-0.15, -0.1) is 0 Å². The molecule has 0 atom stereocenters. The lowest BCUT2D eigenvalue weighted by atomic mass is 10.2. The molecule has 0 unspecified atom stereocenters. The van der Waals surface area contributed by atoms with Gasteiger partial charge < -0.3 is 4.98 Å². The van der Waals surface area contributed by atoms with Crippen molar-refractivity contribution in [1.82, 2.24) is 14.7 Å². The molecule has 2 heterocycles. The van der Waals surface area contributed by atoms with Crippen LogP contribution in [-0.2, 0) is 16.4 Å². The molecule has 0 saturated carbocycles. The van der Waals surface area contributed by atoms with Crippen molar-refractivity contribution in [1.29, 1.82) is 0 Å². The first-order valence-corrected chi connectivity index (χ1v) is 8.52. The Hall–Kier alpha value is -2.18. The number of sulfonamides is 1. The van der Waals surface area contributed by atoms with E-state index >= 15 is 0 Å². The molecule has 0 aliphatic rings. The van der Waals surface area contributed by atoms with Crippen LogP contribution < -0.4 is 4.72 Å². The average molecular weight is 315 g/mol. The highest BCUT2D eigenvalue weighted by atomic mass is 32.2. The van der Waals surface area contributed by atoms with Crippen LogP contribution in [0.5, 0.6) is 0 Å². The van der Waals surface area contributed by atoms with Crippen molar-refractivity contribution in [2.24, 2.45) is 0 Å². The number of nitrogens with zero attached hydrogens (tertiary/aromatic N) is 1. The summed E-state index contributed by atoms with van der Waals surface area (Å²) in [5.41, 5.74) is 2.90. The number of hydrogen-bond acceptors (Lipinski definition) is 3. The molecule has 1 aromatic carbocycles. The van der Waals surface area contributed by atoms with Gasteiger partial charge in [-0.25, -0.2) is 18.1 Å². The molecule has 6 heteroatoms. The highest BCUT2D eigenvalue weighted by Crippen LogP contribution is 2.16. The molecule has 2 aromatic heterocycles. The number of pyridine rings is 1. The summed E-state index contributed by atoms with van der Waals surface area (Å²) in [7, 11) is -3.46. The lowest BCUT2D eigenvalue weighted by molar-refractivity contribution is 0.581. The largest absolute Gasteiger partial charge is 0.346 e. The fraction of sp³-hybridized carbons (Fsp3) is 0.188. The highest BCUT2D eigenvalue weighted by molar-refractivity contribution is 7.89. The topological polar surface area (TPSA) is 74.8 Å². The molecule has 0 bridgehead atoms. The minimum atomic E-state index is -3.46. The van der Waals surface area contributed by atoms with Gasteiger partial charge >= 0.3 is 0 Å². The molecule has 5 nitrogen and oxygen atoms in total. The van der Waals surface area contributed by atoms with E-state index < -0.39 is 10.0 Å². The smallest absolute Gasteiger partial charge is 0.240 e. The van der Waals surface area contributed by atoms with Crippen molar-refractivity contribution in [2.75, 3.05) is 6.54 Å². The lowest BCUT2D eigenvalue weighted by Crippen LogP contribution is -2.25. The third-order valence-corrected chi connectivity index (χ3v) is 5.03. The second kappa shape index (κ2) is 5.90. The van der Waals surface area contributed by atoms with E-state index in [0.717, 1.165) is 22.2 Å². The normalized spacial score (nSPS) is 11.9. The minimum Gasteiger partial charge on any atom is -0.346 e. The average Bonchev–Trinajstić information content (AvgIpc) is 2.91. The predicted molar refractivity (Wildman–Crippen MR) is 86.2 cm³/mol. The molecule has 0 radical (unpaired) electrons. The number of benzene rings is 1. The Morgan fingerprint density at radius 3 is 2.73 bits per heavy atom. The number of aromatic nitrogens is 2. The van der Waals surface area contributed by atoms with Gasteiger partial charge in [-0.2, -0.15) is 0 Å². The zero-order chi connectivity index (χ0) is 15.6. The monoisotopic (exact) mass is 315 g/mol. The quantitative estimate of drug-likeness (QED) is 0.759. The SMILES string of the molecule is Cc1ccc(S(=O)(=O)NCCc2c[nH]c3ncccc23)cc1. The predicted octanol–water partition coefficient (Wildman–Crippen LogP) is 2.39. The number of fused-ring (bicyclic) bond motifs is 1. The second-order valence-corrected chi connectivity index (χ2v) is 6.94. The van der Waals surface area contributed by atoms with Gasteiger partial charge in [-0.1, -0.05) is 17.7 Å². The van der Waals surface area contributed by atoms with E-state index in [-0.39, 0.29) is 0 Å². The molecule has 0 aliphatic heterocycles. The summed E-state index contributed by atoms with van der Waals surface area (Å²) in [5, 5.41) is 1.03. The maximum Gasteiger partial charge on any atom is 0.240 e. The van der Waals surface area contributed by atoms with Crippen LogP contribution in [0.4, 0.5) is 0 Å². The van der Waals surface area contributed by atoms with Gasteiger partial charge in [-0.05, 0) is 43.2 Å². The summed E-state index contributed by atoms with van der Waals surface area (Å²) >= 11 is 0. The molecule has 0 fully saturated rings. The van der Waals surface area contributed by atoms with Gasteiger partial charge in [0.15, 0.2) is 0 Å². The van der Waals surface area contributed by atoms with Gasteiger partial charge in [-0.3, -0.25) is 0 Å². The maximum absolute atomic E-state index is 12.2. The number of aromatic amines is 1. The summed E-state index contributed by atoms with van der Waals surface area (Å²) < 4.78 is 27.0. The Kier molecular flexibility index (Phi) is 3.96. The van der Waals surface area contributed by atoms with E-state index in [9.17, 15) is 8.42 Å². The Balaban J connectivity index is 1.68. The van der Waals surface area contributed by atoms with Crippen LogP contribution in [0, 0.1) is 6.92 Å². The molecular weight excluding hydrogens is 298 g/mol. The van der Waals surface area contributed by atoms with E-state index in [1.165, 1.54) is 0 Å². The number of H-pyrrole nitrogens is 1. The third kappa shape index (κ3) is 3.03. The second-order valence-electron chi connectivity index (χ2n) is 5.17.